The number of rotatable bonds is 5. The summed E-state index contributed by atoms with van der Waals surface area (Å²) in [6, 6.07) is 8.61. The first-order valence-corrected chi connectivity index (χ1v) is 6.38. The van der Waals surface area contributed by atoms with Gasteiger partial charge in [0, 0.05) is 11.2 Å². The molecule has 1 aromatic carbocycles. The lowest BCUT2D eigenvalue weighted by molar-refractivity contribution is 0.309. The van der Waals surface area contributed by atoms with Crippen LogP contribution in [0.1, 0.15) is 0 Å². The first-order chi connectivity index (χ1) is 6.64. The normalized spacial score (nSPS) is 14.4. The average molecular weight is 233 g/mol. The van der Waals surface area contributed by atoms with Gasteiger partial charge in [0.25, 0.3) is 0 Å². The molecular weight excluding hydrogens is 223 g/mol. The third kappa shape index (κ3) is 3.97. The van der Waals surface area contributed by atoms with E-state index in [1.54, 1.807) is 24.3 Å². The van der Waals surface area contributed by atoms with Gasteiger partial charge in [0.2, 0.25) is 0 Å². The molecule has 0 fully saturated rings. The van der Waals surface area contributed by atoms with Crippen molar-refractivity contribution in [3.8, 4) is 5.75 Å². The number of halogens is 1. The van der Waals surface area contributed by atoms with Gasteiger partial charge in [0.05, 0.1) is 6.61 Å². The van der Waals surface area contributed by atoms with Gasteiger partial charge >= 0.3 is 6.95 Å². The third-order valence-corrected chi connectivity index (χ3v) is 2.69. The molecule has 0 amide bonds. The Balaban J connectivity index is 2.59. The molecule has 76 valence electrons. The summed E-state index contributed by atoms with van der Waals surface area (Å²) in [4.78, 5) is 0. The second-order valence-electron chi connectivity index (χ2n) is 2.42. The molecule has 0 saturated carbocycles. The molecule has 1 aromatic rings. The Morgan fingerprint density at radius 3 is 2.64 bits per heavy atom. The van der Waals surface area contributed by atoms with E-state index < -0.39 is 6.95 Å². The summed E-state index contributed by atoms with van der Waals surface area (Å²) in [7, 11) is 0. The van der Waals surface area contributed by atoms with E-state index in [9.17, 15) is 4.57 Å². The van der Waals surface area contributed by atoms with Crippen LogP contribution >= 0.6 is 18.2 Å². The second-order valence-corrected chi connectivity index (χ2v) is 4.96. The van der Waals surface area contributed by atoms with Gasteiger partial charge in [0.15, 0.2) is 0 Å². The van der Waals surface area contributed by atoms with Crippen molar-refractivity contribution < 1.29 is 13.6 Å². The lowest BCUT2D eigenvalue weighted by Gasteiger charge is -2.10. The molecule has 0 N–H and O–H groups in total. The van der Waals surface area contributed by atoms with Crippen molar-refractivity contribution in [3.05, 3.63) is 43.0 Å². The predicted molar refractivity (Wildman–Crippen MR) is 56.7 cm³/mol. The zero-order valence-electron chi connectivity index (χ0n) is 7.43. The summed E-state index contributed by atoms with van der Waals surface area (Å²) in [6.07, 6.45) is 1.45. The van der Waals surface area contributed by atoms with Crippen LogP contribution in [0, 0.1) is 0 Å². The molecule has 0 spiro atoms. The summed E-state index contributed by atoms with van der Waals surface area (Å²) in [5.74, 6) is 0.412. The Hall–Kier alpha value is -0.760. The van der Waals surface area contributed by atoms with Crippen molar-refractivity contribution in [3.63, 3.8) is 0 Å². The molecule has 1 rings (SSSR count). The largest absolute Gasteiger partial charge is 0.477 e. The van der Waals surface area contributed by atoms with Crippen molar-refractivity contribution in [1.82, 2.24) is 0 Å². The number of hydrogen-bond acceptors (Lipinski definition) is 3. The quantitative estimate of drug-likeness (QED) is 0.575. The van der Waals surface area contributed by atoms with E-state index in [-0.39, 0.29) is 6.61 Å². The average Bonchev–Trinajstić information content (AvgIpc) is 2.16. The zero-order valence-corrected chi connectivity index (χ0v) is 9.08. The smallest absolute Gasteiger partial charge is 0.413 e. The van der Waals surface area contributed by atoms with E-state index in [1.807, 2.05) is 6.07 Å². The van der Waals surface area contributed by atoms with E-state index >= 15 is 0 Å². The fraction of sp³-hybridized carbons (Fsp3) is 0.111. The van der Waals surface area contributed by atoms with Crippen LogP contribution in [0.15, 0.2) is 43.0 Å². The molecule has 3 nitrogen and oxygen atoms in total. The minimum atomic E-state index is -3.53. The molecular formula is C9H10ClO3P. The summed E-state index contributed by atoms with van der Waals surface area (Å²) in [5.41, 5.74) is 0. The van der Waals surface area contributed by atoms with Crippen molar-refractivity contribution in [1.29, 1.82) is 0 Å². The van der Waals surface area contributed by atoms with E-state index in [0.29, 0.717) is 5.75 Å². The molecule has 0 aliphatic heterocycles. The van der Waals surface area contributed by atoms with E-state index in [1.165, 1.54) is 6.08 Å². The number of benzene rings is 1. The third-order valence-electron chi connectivity index (χ3n) is 1.30. The first-order valence-electron chi connectivity index (χ1n) is 3.94. The van der Waals surface area contributed by atoms with Gasteiger partial charge in [-0.25, -0.2) is 4.57 Å². The standard InChI is InChI=1S/C9H10ClO3P/c1-2-8-12-14(10,11)13-9-6-4-3-5-7-9/h2-7H,1,8H2. The molecule has 14 heavy (non-hydrogen) atoms. The molecule has 0 bridgehead atoms. The minimum Gasteiger partial charge on any atom is -0.413 e. The van der Waals surface area contributed by atoms with Crippen LogP contribution in [-0.2, 0) is 9.09 Å². The molecule has 5 heteroatoms. The van der Waals surface area contributed by atoms with E-state index in [4.69, 9.17) is 20.3 Å². The highest BCUT2D eigenvalue weighted by molar-refractivity contribution is 7.81. The molecule has 0 radical (unpaired) electrons. The van der Waals surface area contributed by atoms with Crippen LogP contribution < -0.4 is 4.52 Å². The number of hydrogen-bond donors (Lipinski definition) is 0. The molecule has 1 unspecified atom stereocenters. The summed E-state index contributed by atoms with van der Waals surface area (Å²) >= 11 is 5.51. The lowest BCUT2D eigenvalue weighted by Crippen LogP contribution is -1.92. The van der Waals surface area contributed by atoms with Crippen molar-refractivity contribution in [2.75, 3.05) is 6.61 Å². The van der Waals surface area contributed by atoms with Crippen LogP contribution in [-0.4, -0.2) is 6.61 Å². The molecule has 0 heterocycles. The van der Waals surface area contributed by atoms with Gasteiger partial charge < -0.3 is 4.52 Å². The Bertz CT molecular complexity index is 339. The minimum absolute atomic E-state index is 0.0909. The van der Waals surface area contributed by atoms with Gasteiger partial charge in [0.1, 0.15) is 5.75 Å². The van der Waals surface area contributed by atoms with Gasteiger partial charge in [-0.1, -0.05) is 24.3 Å². The van der Waals surface area contributed by atoms with Gasteiger partial charge in [-0.15, -0.1) is 6.58 Å². The van der Waals surface area contributed by atoms with Crippen molar-refractivity contribution in [2.45, 2.75) is 0 Å². The molecule has 0 saturated heterocycles. The topological polar surface area (TPSA) is 35.5 Å². The Morgan fingerprint density at radius 1 is 1.43 bits per heavy atom. The highest BCUT2D eigenvalue weighted by atomic mass is 35.7. The Kier molecular flexibility index (Phi) is 4.21. The van der Waals surface area contributed by atoms with Crippen LogP contribution in [0.5, 0.6) is 5.75 Å². The lowest BCUT2D eigenvalue weighted by atomic mass is 10.3. The fourth-order valence-electron chi connectivity index (χ4n) is 0.775. The van der Waals surface area contributed by atoms with Crippen LogP contribution in [0.2, 0.25) is 0 Å². The molecule has 1 atom stereocenters. The Morgan fingerprint density at radius 2 is 2.07 bits per heavy atom. The molecule has 0 aliphatic rings. The predicted octanol–water partition coefficient (Wildman–Crippen LogP) is 3.61. The highest BCUT2D eigenvalue weighted by Gasteiger charge is 2.21. The van der Waals surface area contributed by atoms with Crippen LogP contribution in [0.25, 0.3) is 0 Å². The Labute approximate surface area is 87.6 Å². The summed E-state index contributed by atoms with van der Waals surface area (Å²) < 4.78 is 21.1. The van der Waals surface area contributed by atoms with E-state index in [2.05, 4.69) is 6.58 Å². The summed E-state index contributed by atoms with van der Waals surface area (Å²) in [5, 5.41) is 0. The van der Waals surface area contributed by atoms with Gasteiger partial charge in [-0.3, -0.25) is 4.52 Å². The maximum Gasteiger partial charge on any atom is 0.477 e. The maximum absolute atomic E-state index is 11.4. The molecule has 0 aliphatic carbocycles. The summed E-state index contributed by atoms with van der Waals surface area (Å²) in [6.45, 7) is -0.0286. The SMILES string of the molecule is C=CCOP(=O)(Cl)Oc1ccccc1. The first kappa shape index (κ1) is 11.3. The van der Waals surface area contributed by atoms with Crippen molar-refractivity contribution >= 4 is 18.2 Å². The van der Waals surface area contributed by atoms with E-state index in [0.717, 1.165) is 0 Å². The fourth-order valence-corrected chi connectivity index (χ4v) is 1.89. The maximum atomic E-state index is 11.4. The second kappa shape index (κ2) is 5.20. The van der Waals surface area contributed by atoms with Crippen LogP contribution in [0.3, 0.4) is 0 Å². The van der Waals surface area contributed by atoms with Gasteiger partial charge in [-0.2, -0.15) is 0 Å². The zero-order chi connectivity index (χ0) is 10.4. The molecule has 0 aromatic heterocycles. The monoisotopic (exact) mass is 232 g/mol. The van der Waals surface area contributed by atoms with Gasteiger partial charge in [-0.05, 0) is 12.1 Å². The van der Waals surface area contributed by atoms with Crippen LogP contribution in [0.4, 0.5) is 0 Å². The highest BCUT2D eigenvalue weighted by Crippen LogP contribution is 2.53. The van der Waals surface area contributed by atoms with Crippen molar-refractivity contribution in [2.24, 2.45) is 0 Å². The number of para-hydroxylation sites is 1.